The molecule has 0 amide bonds. The second-order valence-electron chi connectivity index (χ2n) is 3.46. The van der Waals surface area contributed by atoms with Crippen LogP contribution in [0.2, 0.25) is 0 Å². The van der Waals surface area contributed by atoms with E-state index in [4.69, 9.17) is 19.9 Å². The van der Waals surface area contributed by atoms with E-state index in [1.165, 1.54) is 0 Å². The Kier molecular flexibility index (Phi) is 4.43. The normalized spacial score (nSPS) is 12.1. The fourth-order valence-corrected chi connectivity index (χ4v) is 1.60. The quantitative estimate of drug-likeness (QED) is 0.834. The summed E-state index contributed by atoms with van der Waals surface area (Å²) in [4.78, 5) is 0. The van der Waals surface area contributed by atoms with Crippen LogP contribution in [0.15, 0.2) is 12.1 Å². The molecule has 4 heteroatoms. The van der Waals surface area contributed by atoms with Crippen LogP contribution in [0.1, 0.15) is 24.9 Å². The lowest BCUT2D eigenvalue weighted by atomic mass is 10.0. The summed E-state index contributed by atoms with van der Waals surface area (Å²) in [6.45, 7) is 2.02. The third kappa shape index (κ3) is 2.39. The molecule has 2 N–H and O–H groups in total. The van der Waals surface area contributed by atoms with Crippen molar-refractivity contribution in [2.45, 2.75) is 19.4 Å². The Morgan fingerprint density at radius 2 is 1.56 bits per heavy atom. The van der Waals surface area contributed by atoms with Gasteiger partial charge in [0, 0.05) is 18.2 Å². The zero-order valence-corrected chi connectivity index (χ0v) is 10.2. The Bertz CT molecular complexity index is 327. The summed E-state index contributed by atoms with van der Waals surface area (Å²) in [7, 11) is 4.83. The van der Waals surface area contributed by atoms with Crippen molar-refractivity contribution in [1.82, 2.24) is 0 Å². The molecule has 90 valence electrons. The third-order valence-corrected chi connectivity index (χ3v) is 2.56. The number of benzene rings is 1. The summed E-state index contributed by atoms with van der Waals surface area (Å²) in [5.41, 5.74) is 6.92. The lowest BCUT2D eigenvalue weighted by molar-refractivity contribution is 0.363. The fraction of sp³-hybridized carbons (Fsp3) is 0.500. The molecule has 1 atom stereocenters. The van der Waals surface area contributed by atoms with Gasteiger partial charge in [0.05, 0.1) is 26.9 Å². The first-order valence-corrected chi connectivity index (χ1v) is 5.23. The first-order valence-electron chi connectivity index (χ1n) is 5.23. The number of ether oxygens (including phenoxy) is 3. The van der Waals surface area contributed by atoms with Crippen molar-refractivity contribution in [3.05, 3.63) is 17.7 Å². The van der Waals surface area contributed by atoms with E-state index in [1.54, 1.807) is 21.3 Å². The average Bonchev–Trinajstić information content (AvgIpc) is 2.35. The van der Waals surface area contributed by atoms with Crippen LogP contribution in [-0.2, 0) is 0 Å². The summed E-state index contributed by atoms with van der Waals surface area (Å²) >= 11 is 0. The van der Waals surface area contributed by atoms with Gasteiger partial charge in [0.1, 0.15) is 17.2 Å². The smallest absolute Gasteiger partial charge is 0.131 e. The molecule has 0 aliphatic rings. The summed E-state index contributed by atoms with van der Waals surface area (Å²) in [6.07, 6.45) is 0.819. The highest BCUT2D eigenvalue weighted by Crippen LogP contribution is 2.38. The Morgan fingerprint density at radius 1 is 1.06 bits per heavy atom. The van der Waals surface area contributed by atoms with Crippen LogP contribution in [0.4, 0.5) is 0 Å². The van der Waals surface area contributed by atoms with Gasteiger partial charge in [-0.15, -0.1) is 0 Å². The summed E-state index contributed by atoms with van der Waals surface area (Å²) < 4.78 is 15.8. The van der Waals surface area contributed by atoms with Crippen molar-refractivity contribution in [3.8, 4) is 17.2 Å². The standard InChI is InChI=1S/C12H19NO3/c1-5-9(13)12-10(15-3)6-8(14-2)7-11(12)16-4/h6-7,9H,5,13H2,1-4H3. The maximum atomic E-state index is 6.04. The van der Waals surface area contributed by atoms with Crippen molar-refractivity contribution >= 4 is 0 Å². The minimum atomic E-state index is -0.101. The van der Waals surface area contributed by atoms with Gasteiger partial charge in [-0.05, 0) is 6.42 Å². The van der Waals surface area contributed by atoms with Crippen LogP contribution < -0.4 is 19.9 Å². The predicted octanol–water partition coefficient (Wildman–Crippen LogP) is 2.12. The van der Waals surface area contributed by atoms with Crippen molar-refractivity contribution in [1.29, 1.82) is 0 Å². The Balaban J connectivity index is 3.31. The molecular formula is C12H19NO3. The maximum absolute atomic E-state index is 6.04. The minimum Gasteiger partial charge on any atom is -0.496 e. The van der Waals surface area contributed by atoms with E-state index in [0.717, 1.165) is 12.0 Å². The second kappa shape index (κ2) is 5.61. The molecule has 0 heterocycles. The summed E-state index contributed by atoms with van der Waals surface area (Å²) in [6, 6.07) is 3.52. The van der Waals surface area contributed by atoms with Gasteiger partial charge in [0.15, 0.2) is 0 Å². The number of rotatable bonds is 5. The van der Waals surface area contributed by atoms with Crippen molar-refractivity contribution in [3.63, 3.8) is 0 Å². The largest absolute Gasteiger partial charge is 0.496 e. The van der Waals surface area contributed by atoms with E-state index in [0.29, 0.717) is 17.2 Å². The molecular weight excluding hydrogens is 206 g/mol. The Hall–Kier alpha value is -1.42. The van der Waals surface area contributed by atoms with Gasteiger partial charge in [-0.25, -0.2) is 0 Å². The monoisotopic (exact) mass is 225 g/mol. The van der Waals surface area contributed by atoms with E-state index < -0.39 is 0 Å². The van der Waals surface area contributed by atoms with E-state index in [-0.39, 0.29) is 6.04 Å². The molecule has 1 rings (SSSR count). The van der Waals surface area contributed by atoms with Crippen molar-refractivity contribution < 1.29 is 14.2 Å². The van der Waals surface area contributed by atoms with Crippen LogP contribution in [0.3, 0.4) is 0 Å². The minimum absolute atomic E-state index is 0.101. The van der Waals surface area contributed by atoms with Crippen LogP contribution in [0.5, 0.6) is 17.2 Å². The molecule has 0 fully saturated rings. The van der Waals surface area contributed by atoms with Crippen molar-refractivity contribution in [2.24, 2.45) is 5.73 Å². The van der Waals surface area contributed by atoms with Crippen LogP contribution >= 0.6 is 0 Å². The van der Waals surface area contributed by atoms with Gasteiger partial charge >= 0.3 is 0 Å². The molecule has 0 aliphatic carbocycles. The van der Waals surface area contributed by atoms with Gasteiger partial charge in [-0.1, -0.05) is 6.92 Å². The van der Waals surface area contributed by atoms with Gasteiger partial charge < -0.3 is 19.9 Å². The van der Waals surface area contributed by atoms with Crippen LogP contribution in [-0.4, -0.2) is 21.3 Å². The van der Waals surface area contributed by atoms with E-state index in [2.05, 4.69) is 0 Å². The molecule has 0 radical (unpaired) electrons. The molecule has 0 aliphatic heterocycles. The highest BCUT2D eigenvalue weighted by atomic mass is 16.5. The first kappa shape index (κ1) is 12.6. The van der Waals surface area contributed by atoms with Gasteiger partial charge in [-0.2, -0.15) is 0 Å². The molecule has 1 aromatic rings. The number of nitrogens with two attached hydrogens (primary N) is 1. The fourth-order valence-electron chi connectivity index (χ4n) is 1.60. The Morgan fingerprint density at radius 3 is 1.88 bits per heavy atom. The SMILES string of the molecule is CCC(N)c1c(OC)cc(OC)cc1OC. The molecule has 1 aromatic carbocycles. The molecule has 0 saturated carbocycles. The predicted molar refractivity (Wildman–Crippen MR) is 63.3 cm³/mol. The highest BCUT2D eigenvalue weighted by Gasteiger charge is 2.18. The van der Waals surface area contributed by atoms with Crippen molar-refractivity contribution in [2.75, 3.05) is 21.3 Å². The zero-order chi connectivity index (χ0) is 12.1. The third-order valence-electron chi connectivity index (χ3n) is 2.56. The van der Waals surface area contributed by atoms with Crippen LogP contribution in [0.25, 0.3) is 0 Å². The number of hydrogen-bond acceptors (Lipinski definition) is 4. The van der Waals surface area contributed by atoms with Crippen LogP contribution in [0, 0.1) is 0 Å². The number of methoxy groups -OCH3 is 3. The summed E-state index contributed by atoms with van der Waals surface area (Å²) in [5, 5.41) is 0. The van der Waals surface area contributed by atoms with E-state index >= 15 is 0 Å². The van der Waals surface area contributed by atoms with Gasteiger partial charge in [0.25, 0.3) is 0 Å². The molecule has 0 aromatic heterocycles. The Labute approximate surface area is 96.3 Å². The summed E-state index contributed by atoms with van der Waals surface area (Å²) in [5.74, 6) is 2.09. The molecule has 1 unspecified atom stereocenters. The van der Waals surface area contributed by atoms with Gasteiger partial charge in [-0.3, -0.25) is 0 Å². The molecule has 0 bridgehead atoms. The maximum Gasteiger partial charge on any atom is 0.131 e. The van der Waals surface area contributed by atoms with E-state index in [1.807, 2.05) is 19.1 Å². The molecule has 16 heavy (non-hydrogen) atoms. The topological polar surface area (TPSA) is 53.7 Å². The molecule has 0 spiro atoms. The second-order valence-corrected chi connectivity index (χ2v) is 3.46. The lowest BCUT2D eigenvalue weighted by Gasteiger charge is -2.18. The molecule has 4 nitrogen and oxygen atoms in total. The highest BCUT2D eigenvalue weighted by molar-refractivity contribution is 5.52. The van der Waals surface area contributed by atoms with Gasteiger partial charge in [0.2, 0.25) is 0 Å². The molecule has 0 saturated heterocycles. The van der Waals surface area contributed by atoms with E-state index in [9.17, 15) is 0 Å². The lowest BCUT2D eigenvalue weighted by Crippen LogP contribution is -2.12. The average molecular weight is 225 g/mol. The number of hydrogen-bond donors (Lipinski definition) is 1. The first-order chi connectivity index (χ1) is 7.67. The zero-order valence-electron chi connectivity index (χ0n) is 10.2.